The highest BCUT2D eigenvalue weighted by Gasteiger charge is 2.25. The predicted octanol–water partition coefficient (Wildman–Crippen LogP) is 2.08. The summed E-state index contributed by atoms with van der Waals surface area (Å²) >= 11 is 1.38. The normalized spacial score (nSPS) is 11.6. The molecule has 1 heterocycles. The van der Waals surface area contributed by atoms with Crippen LogP contribution in [0.25, 0.3) is 0 Å². The van der Waals surface area contributed by atoms with Crippen molar-refractivity contribution in [2.45, 2.75) is 13.0 Å². The Morgan fingerprint density at radius 1 is 1.50 bits per heavy atom. The number of thiophene rings is 1. The highest BCUT2D eigenvalue weighted by Crippen LogP contribution is 2.29. The summed E-state index contributed by atoms with van der Waals surface area (Å²) in [6.07, 6.45) is -0.759. The van der Waals surface area contributed by atoms with E-state index in [4.69, 9.17) is 4.74 Å². The van der Waals surface area contributed by atoms with Gasteiger partial charge in [0.05, 0.1) is 12.7 Å². The molecule has 0 amide bonds. The second kappa shape index (κ2) is 5.46. The van der Waals surface area contributed by atoms with Gasteiger partial charge in [-0.05, 0) is 11.4 Å². The number of carbonyl (C=O) groups excluding carboxylic acids is 2. The summed E-state index contributed by atoms with van der Waals surface area (Å²) in [5.41, 5.74) is 0.111. The summed E-state index contributed by atoms with van der Waals surface area (Å²) in [7, 11) is 1.26. The molecule has 0 bridgehead atoms. The Kier molecular flexibility index (Phi) is 4.25. The van der Waals surface area contributed by atoms with Gasteiger partial charge in [-0.2, -0.15) is 0 Å². The molecule has 0 fully saturated rings. The number of carbonyl (C=O) groups is 2. The highest BCUT2D eigenvalue weighted by atomic mass is 32.1. The van der Waals surface area contributed by atoms with Crippen LogP contribution in [0.1, 0.15) is 17.9 Å². The van der Waals surface area contributed by atoms with Crippen molar-refractivity contribution in [1.29, 1.82) is 0 Å². The van der Waals surface area contributed by atoms with Crippen LogP contribution in [0, 0.1) is 0 Å². The van der Waals surface area contributed by atoms with Crippen LogP contribution in [-0.4, -0.2) is 19.0 Å². The molecule has 1 aromatic rings. The van der Waals surface area contributed by atoms with Crippen LogP contribution in [0.2, 0.25) is 0 Å². The van der Waals surface area contributed by atoms with Crippen LogP contribution in [0.15, 0.2) is 29.7 Å². The predicted molar refractivity (Wildman–Crippen MR) is 60.0 cm³/mol. The summed E-state index contributed by atoms with van der Waals surface area (Å²) in [5, 5.41) is 1.83. The number of esters is 2. The quantitative estimate of drug-likeness (QED) is 0.597. The molecule has 0 aliphatic rings. The molecule has 0 saturated carbocycles. The summed E-state index contributed by atoms with van der Waals surface area (Å²) in [6.45, 7) is 4.87. The van der Waals surface area contributed by atoms with Gasteiger partial charge in [-0.3, -0.25) is 4.79 Å². The first-order valence-electron chi connectivity index (χ1n) is 4.54. The molecule has 1 atom stereocenters. The molecular weight excluding hydrogens is 228 g/mol. The zero-order chi connectivity index (χ0) is 12.1. The average Bonchev–Trinajstić information content (AvgIpc) is 2.76. The summed E-state index contributed by atoms with van der Waals surface area (Å²) in [6, 6.07) is 3.58. The van der Waals surface area contributed by atoms with E-state index in [-0.39, 0.29) is 5.57 Å². The van der Waals surface area contributed by atoms with Gasteiger partial charge in [-0.25, -0.2) is 4.79 Å². The molecule has 0 N–H and O–H groups in total. The van der Waals surface area contributed by atoms with E-state index in [9.17, 15) is 9.59 Å². The molecule has 16 heavy (non-hydrogen) atoms. The Bertz CT molecular complexity index is 394. The van der Waals surface area contributed by atoms with E-state index < -0.39 is 18.0 Å². The van der Waals surface area contributed by atoms with Crippen molar-refractivity contribution in [3.63, 3.8) is 0 Å². The van der Waals surface area contributed by atoms with Gasteiger partial charge in [-0.1, -0.05) is 12.6 Å². The van der Waals surface area contributed by atoms with Crippen molar-refractivity contribution < 1.29 is 19.1 Å². The first-order valence-corrected chi connectivity index (χ1v) is 5.42. The Morgan fingerprint density at radius 3 is 2.62 bits per heavy atom. The maximum atomic E-state index is 11.3. The van der Waals surface area contributed by atoms with Gasteiger partial charge >= 0.3 is 11.9 Å². The number of rotatable bonds is 4. The number of hydrogen-bond acceptors (Lipinski definition) is 5. The highest BCUT2D eigenvalue weighted by molar-refractivity contribution is 7.10. The molecular formula is C11H12O4S. The van der Waals surface area contributed by atoms with Crippen molar-refractivity contribution in [2.75, 3.05) is 7.11 Å². The van der Waals surface area contributed by atoms with E-state index >= 15 is 0 Å². The standard InChI is InChI=1S/C11H12O4S/c1-7(11(13)14-3)10(15-8(2)12)9-5-4-6-16-9/h4-6,10H,1H2,2-3H3. The summed E-state index contributed by atoms with van der Waals surface area (Å²) < 4.78 is 9.60. The minimum Gasteiger partial charge on any atom is -0.466 e. The molecule has 0 aliphatic carbocycles. The molecule has 1 unspecified atom stereocenters. The molecule has 5 heteroatoms. The molecule has 86 valence electrons. The van der Waals surface area contributed by atoms with Gasteiger partial charge in [-0.15, -0.1) is 11.3 Å². The van der Waals surface area contributed by atoms with E-state index in [0.29, 0.717) is 0 Å². The topological polar surface area (TPSA) is 52.6 Å². The minimum atomic E-state index is -0.759. The SMILES string of the molecule is C=C(C(=O)OC)C(OC(C)=O)c1cccs1. The van der Waals surface area contributed by atoms with Crippen LogP contribution in [0.5, 0.6) is 0 Å². The maximum absolute atomic E-state index is 11.3. The van der Waals surface area contributed by atoms with Crippen molar-refractivity contribution in [1.82, 2.24) is 0 Å². The molecule has 0 radical (unpaired) electrons. The van der Waals surface area contributed by atoms with Gasteiger partial charge in [0.25, 0.3) is 0 Å². The maximum Gasteiger partial charge on any atom is 0.337 e. The van der Waals surface area contributed by atoms with Gasteiger partial charge in [0.2, 0.25) is 0 Å². The third-order valence-corrected chi connectivity index (χ3v) is 2.77. The zero-order valence-corrected chi connectivity index (χ0v) is 9.87. The first kappa shape index (κ1) is 12.4. The monoisotopic (exact) mass is 240 g/mol. The third kappa shape index (κ3) is 2.93. The Labute approximate surface area is 97.5 Å². The van der Waals surface area contributed by atoms with E-state index in [1.54, 1.807) is 12.1 Å². The lowest BCUT2D eigenvalue weighted by Crippen LogP contribution is -2.16. The van der Waals surface area contributed by atoms with Gasteiger partial charge < -0.3 is 9.47 Å². The average molecular weight is 240 g/mol. The summed E-state index contributed by atoms with van der Waals surface area (Å²) in [4.78, 5) is 23.0. The summed E-state index contributed by atoms with van der Waals surface area (Å²) in [5.74, 6) is -1.05. The molecule has 1 rings (SSSR count). The molecule has 4 nitrogen and oxygen atoms in total. The molecule has 1 aromatic heterocycles. The van der Waals surface area contributed by atoms with Crippen LogP contribution in [-0.2, 0) is 19.1 Å². The van der Waals surface area contributed by atoms with Crippen molar-refractivity contribution in [3.05, 3.63) is 34.5 Å². The lowest BCUT2D eigenvalue weighted by atomic mass is 10.1. The Balaban J connectivity index is 2.92. The van der Waals surface area contributed by atoms with E-state index in [0.717, 1.165) is 4.88 Å². The van der Waals surface area contributed by atoms with Crippen LogP contribution in [0.3, 0.4) is 0 Å². The fourth-order valence-corrected chi connectivity index (χ4v) is 1.93. The largest absolute Gasteiger partial charge is 0.466 e. The van der Waals surface area contributed by atoms with Crippen LogP contribution >= 0.6 is 11.3 Å². The fraction of sp³-hybridized carbons (Fsp3) is 0.273. The number of ether oxygens (including phenoxy) is 2. The van der Waals surface area contributed by atoms with Crippen molar-refractivity contribution in [2.24, 2.45) is 0 Å². The molecule has 0 aromatic carbocycles. The Morgan fingerprint density at radius 2 is 2.19 bits per heavy atom. The van der Waals surface area contributed by atoms with E-state index in [2.05, 4.69) is 11.3 Å². The minimum absolute atomic E-state index is 0.111. The van der Waals surface area contributed by atoms with Crippen LogP contribution in [0.4, 0.5) is 0 Å². The number of hydrogen-bond donors (Lipinski definition) is 0. The zero-order valence-electron chi connectivity index (χ0n) is 9.06. The molecule has 0 aliphatic heterocycles. The van der Waals surface area contributed by atoms with Crippen LogP contribution < -0.4 is 0 Å². The lowest BCUT2D eigenvalue weighted by molar-refractivity contribution is -0.147. The Hall–Kier alpha value is -1.62. The third-order valence-electron chi connectivity index (χ3n) is 1.85. The van der Waals surface area contributed by atoms with Crippen molar-refractivity contribution in [3.8, 4) is 0 Å². The molecule has 0 saturated heterocycles. The second-order valence-corrected chi connectivity index (χ2v) is 4.00. The van der Waals surface area contributed by atoms with E-state index in [1.165, 1.54) is 25.4 Å². The first-order chi connectivity index (χ1) is 7.56. The number of methoxy groups -OCH3 is 1. The smallest absolute Gasteiger partial charge is 0.337 e. The van der Waals surface area contributed by atoms with Gasteiger partial charge in [0, 0.05) is 11.8 Å². The van der Waals surface area contributed by atoms with Crippen molar-refractivity contribution >= 4 is 23.3 Å². The van der Waals surface area contributed by atoms with E-state index in [1.807, 2.05) is 5.38 Å². The fourth-order valence-electron chi connectivity index (χ4n) is 1.15. The second-order valence-electron chi connectivity index (χ2n) is 3.02. The van der Waals surface area contributed by atoms with Gasteiger partial charge in [0.1, 0.15) is 0 Å². The molecule has 0 spiro atoms. The lowest BCUT2D eigenvalue weighted by Gasteiger charge is -2.16. The van der Waals surface area contributed by atoms with Gasteiger partial charge in [0.15, 0.2) is 6.10 Å².